The molecule has 6 nitrogen and oxygen atoms in total. The molecule has 0 radical (unpaired) electrons. The first kappa shape index (κ1) is 28.1. The molecule has 0 saturated carbocycles. The first-order valence-electron chi connectivity index (χ1n) is 10.9. The Hall–Kier alpha value is -0.940. The number of aliphatic imine (C=N–C) groups is 1. The van der Waals surface area contributed by atoms with Crippen molar-refractivity contribution >= 4 is 39.8 Å². The summed E-state index contributed by atoms with van der Waals surface area (Å²) in [6.45, 7) is 7.89. The molecule has 1 atom stereocenters. The highest BCUT2D eigenvalue weighted by Gasteiger charge is 2.27. The summed E-state index contributed by atoms with van der Waals surface area (Å²) in [6, 6.07) is 4.68. The van der Waals surface area contributed by atoms with Gasteiger partial charge < -0.3 is 10.6 Å². The third-order valence-corrected chi connectivity index (χ3v) is 6.77. The average Bonchev–Trinajstić information content (AvgIpc) is 3.22. The van der Waals surface area contributed by atoms with E-state index in [1.54, 1.807) is 13.1 Å². The number of halogens is 2. The number of rotatable bonds is 10. The molecule has 178 valence electrons. The number of guanidine groups is 1. The van der Waals surface area contributed by atoms with Crippen molar-refractivity contribution in [3.63, 3.8) is 0 Å². The molecule has 2 N–H and O–H groups in total. The predicted molar refractivity (Wildman–Crippen MR) is 137 cm³/mol. The molecule has 1 aliphatic rings. The zero-order valence-corrected chi connectivity index (χ0v) is 22.3. The first-order valence-corrected chi connectivity index (χ1v) is 13.0. The fourth-order valence-electron chi connectivity index (χ4n) is 4.28. The highest BCUT2D eigenvalue weighted by Crippen LogP contribution is 2.22. The highest BCUT2D eigenvalue weighted by molar-refractivity contribution is 14.0. The Morgan fingerprint density at radius 1 is 1.16 bits per heavy atom. The van der Waals surface area contributed by atoms with Crippen LogP contribution in [0, 0.1) is 11.7 Å². The Morgan fingerprint density at radius 3 is 2.35 bits per heavy atom. The van der Waals surface area contributed by atoms with Gasteiger partial charge in [-0.1, -0.05) is 32.8 Å². The van der Waals surface area contributed by atoms with Crippen LogP contribution in [0.2, 0.25) is 0 Å². The van der Waals surface area contributed by atoms with Crippen LogP contribution in [-0.4, -0.2) is 58.3 Å². The van der Waals surface area contributed by atoms with Gasteiger partial charge >= 0.3 is 0 Å². The minimum absolute atomic E-state index is 0. The van der Waals surface area contributed by atoms with Gasteiger partial charge in [0, 0.05) is 32.4 Å². The molecule has 0 spiro atoms. The Kier molecular flexibility index (Phi) is 12.3. The van der Waals surface area contributed by atoms with Crippen molar-refractivity contribution in [2.24, 2.45) is 10.9 Å². The normalized spacial score (nSPS) is 16.3. The second-order valence-electron chi connectivity index (χ2n) is 8.18. The van der Waals surface area contributed by atoms with E-state index in [9.17, 15) is 12.8 Å². The standard InChI is InChI=1S/C22H37FN4O2S.HI/c1-5-17(6-2)21(27-11-7-8-12-27)15-26-22(24-3)25-14-19-13-20(23)10-9-18(19)16-30(4,28)29;/h9-10,13,17,21H,5-8,11-12,14-16H2,1-4H3,(H2,24,25,26);1H. The van der Waals surface area contributed by atoms with Gasteiger partial charge in [0.2, 0.25) is 0 Å². The molecular weight excluding hydrogens is 530 g/mol. The zero-order chi connectivity index (χ0) is 22.1. The monoisotopic (exact) mass is 568 g/mol. The lowest BCUT2D eigenvalue weighted by molar-refractivity contribution is 0.166. The maximum atomic E-state index is 13.8. The molecule has 1 aromatic rings. The van der Waals surface area contributed by atoms with Gasteiger partial charge in [0.25, 0.3) is 0 Å². The maximum absolute atomic E-state index is 13.8. The quantitative estimate of drug-likeness (QED) is 0.257. The Balaban J connectivity index is 0.00000480. The second-order valence-corrected chi connectivity index (χ2v) is 10.3. The van der Waals surface area contributed by atoms with Crippen molar-refractivity contribution < 1.29 is 12.8 Å². The molecule has 0 aromatic heterocycles. The minimum Gasteiger partial charge on any atom is -0.355 e. The van der Waals surface area contributed by atoms with Gasteiger partial charge in [-0.25, -0.2) is 12.8 Å². The van der Waals surface area contributed by atoms with E-state index < -0.39 is 9.84 Å². The van der Waals surface area contributed by atoms with E-state index in [2.05, 4.69) is 34.4 Å². The van der Waals surface area contributed by atoms with Crippen LogP contribution in [0.25, 0.3) is 0 Å². The van der Waals surface area contributed by atoms with Crippen LogP contribution in [0.15, 0.2) is 23.2 Å². The summed E-state index contributed by atoms with van der Waals surface area (Å²) in [5.74, 6) is 0.773. The fourth-order valence-corrected chi connectivity index (χ4v) is 5.13. The molecule has 0 aliphatic carbocycles. The van der Waals surface area contributed by atoms with Gasteiger partial charge in [-0.3, -0.25) is 9.89 Å². The zero-order valence-electron chi connectivity index (χ0n) is 19.2. The summed E-state index contributed by atoms with van der Waals surface area (Å²) in [5.41, 5.74) is 1.23. The number of benzene rings is 1. The average molecular weight is 569 g/mol. The van der Waals surface area contributed by atoms with E-state index in [0.29, 0.717) is 35.6 Å². The molecule has 1 saturated heterocycles. The minimum atomic E-state index is -3.20. The maximum Gasteiger partial charge on any atom is 0.191 e. The number of hydrogen-bond acceptors (Lipinski definition) is 4. The van der Waals surface area contributed by atoms with Crippen molar-refractivity contribution in [1.82, 2.24) is 15.5 Å². The van der Waals surface area contributed by atoms with Crippen molar-refractivity contribution in [1.29, 1.82) is 0 Å². The number of sulfone groups is 1. The van der Waals surface area contributed by atoms with Crippen LogP contribution >= 0.6 is 24.0 Å². The van der Waals surface area contributed by atoms with E-state index in [1.807, 2.05) is 0 Å². The lowest BCUT2D eigenvalue weighted by Crippen LogP contribution is -2.49. The molecule has 1 aromatic carbocycles. The Bertz CT molecular complexity index is 808. The van der Waals surface area contributed by atoms with Gasteiger partial charge in [-0.15, -0.1) is 24.0 Å². The summed E-state index contributed by atoms with van der Waals surface area (Å²) >= 11 is 0. The van der Waals surface area contributed by atoms with Gasteiger partial charge in [0.05, 0.1) is 5.75 Å². The molecule has 1 heterocycles. The number of likely N-dealkylation sites (tertiary alicyclic amines) is 1. The van der Waals surface area contributed by atoms with Crippen LogP contribution in [0.5, 0.6) is 0 Å². The van der Waals surface area contributed by atoms with Crippen molar-refractivity contribution in [2.75, 3.05) is 32.9 Å². The van der Waals surface area contributed by atoms with Crippen molar-refractivity contribution in [3.8, 4) is 0 Å². The summed E-state index contributed by atoms with van der Waals surface area (Å²) in [4.78, 5) is 6.88. The van der Waals surface area contributed by atoms with E-state index >= 15 is 0 Å². The topological polar surface area (TPSA) is 73.8 Å². The number of hydrogen-bond donors (Lipinski definition) is 2. The van der Waals surface area contributed by atoms with Crippen molar-refractivity contribution in [3.05, 3.63) is 35.1 Å². The molecule has 0 amide bonds. The van der Waals surface area contributed by atoms with Crippen LogP contribution in [0.3, 0.4) is 0 Å². The van der Waals surface area contributed by atoms with Crippen LogP contribution in [0.1, 0.15) is 50.7 Å². The molecule has 1 unspecified atom stereocenters. The summed E-state index contributed by atoms with van der Waals surface area (Å²) in [7, 11) is -1.50. The second kappa shape index (κ2) is 13.6. The molecular formula is C22H38FIN4O2S. The van der Waals surface area contributed by atoms with Crippen LogP contribution in [-0.2, 0) is 22.1 Å². The van der Waals surface area contributed by atoms with Gasteiger partial charge in [-0.2, -0.15) is 0 Å². The van der Waals surface area contributed by atoms with E-state index in [-0.39, 0.29) is 35.5 Å². The van der Waals surface area contributed by atoms with Crippen LogP contribution < -0.4 is 10.6 Å². The third-order valence-electron chi connectivity index (χ3n) is 5.94. The summed E-state index contributed by atoms with van der Waals surface area (Å²) < 4.78 is 37.2. The summed E-state index contributed by atoms with van der Waals surface area (Å²) in [5, 5.41) is 6.65. The smallest absolute Gasteiger partial charge is 0.191 e. The SMILES string of the molecule is CCC(CC)C(CNC(=NC)NCc1cc(F)ccc1CS(C)(=O)=O)N1CCCC1.I. The first-order chi connectivity index (χ1) is 14.3. The van der Waals surface area contributed by atoms with Crippen LogP contribution in [0.4, 0.5) is 4.39 Å². The molecule has 0 bridgehead atoms. The highest BCUT2D eigenvalue weighted by atomic mass is 127. The van der Waals surface area contributed by atoms with Gasteiger partial charge in [0.1, 0.15) is 5.82 Å². The lowest BCUT2D eigenvalue weighted by atomic mass is 9.93. The molecule has 31 heavy (non-hydrogen) atoms. The predicted octanol–water partition coefficient (Wildman–Crippen LogP) is 3.55. The summed E-state index contributed by atoms with van der Waals surface area (Å²) in [6.07, 6.45) is 5.98. The third kappa shape index (κ3) is 9.21. The van der Waals surface area contributed by atoms with E-state index in [0.717, 1.165) is 32.5 Å². The largest absolute Gasteiger partial charge is 0.355 e. The molecule has 2 rings (SSSR count). The molecule has 9 heteroatoms. The van der Waals surface area contributed by atoms with Gasteiger partial charge in [-0.05, 0) is 55.1 Å². The number of nitrogens with zero attached hydrogens (tertiary/aromatic N) is 2. The Morgan fingerprint density at radius 2 is 1.81 bits per heavy atom. The fraction of sp³-hybridized carbons (Fsp3) is 0.682. The Labute approximate surface area is 204 Å². The van der Waals surface area contributed by atoms with Gasteiger partial charge in [0.15, 0.2) is 15.8 Å². The van der Waals surface area contributed by atoms with E-state index in [4.69, 9.17) is 0 Å². The van der Waals surface area contributed by atoms with Crippen molar-refractivity contribution in [2.45, 2.75) is 57.9 Å². The number of nitrogens with one attached hydrogen (secondary N) is 2. The molecule has 1 fully saturated rings. The molecule has 1 aliphatic heterocycles. The van der Waals surface area contributed by atoms with E-state index in [1.165, 1.54) is 31.2 Å². The lowest BCUT2D eigenvalue weighted by Gasteiger charge is -2.34.